The van der Waals surface area contributed by atoms with Crippen molar-refractivity contribution in [3.63, 3.8) is 0 Å². The molecular weight excluding hydrogens is 352 g/mol. The molecule has 0 N–H and O–H groups in total. The molecule has 28 heavy (non-hydrogen) atoms. The van der Waals surface area contributed by atoms with Crippen molar-refractivity contribution in [3.8, 4) is 17.2 Å². The average Bonchev–Trinajstić information content (AvgIpc) is 3.14. The molecule has 0 saturated heterocycles. The molecule has 0 atom stereocenters. The van der Waals surface area contributed by atoms with E-state index in [4.69, 9.17) is 18.9 Å². The highest BCUT2D eigenvalue weighted by Gasteiger charge is 2.46. The van der Waals surface area contributed by atoms with E-state index < -0.39 is 5.79 Å². The molecular formula is C24H22O4. The molecule has 4 rings (SSSR count). The minimum Gasteiger partial charge on any atom is -0.485 e. The van der Waals surface area contributed by atoms with Gasteiger partial charge in [0.15, 0.2) is 11.5 Å². The quantitative estimate of drug-likeness (QED) is 0.541. The SMILES string of the molecule is C=CCOc1cc(COC)cc2c1OC(c1ccccc1)(c1ccccc1)O2. The molecule has 0 radical (unpaired) electrons. The van der Waals surface area contributed by atoms with Gasteiger partial charge in [0.05, 0.1) is 6.61 Å². The van der Waals surface area contributed by atoms with Crippen molar-refractivity contribution in [3.05, 3.63) is 102 Å². The number of rotatable bonds is 7. The van der Waals surface area contributed by atoms with Crippen LogP contribution in [0.4, 0.5) is 0 Å². The minimum atomic E-state index is -1.08. The van der Waals surface area contributed by atoms with Gasteiger partial charge in [0.25, 0.3) is 0 Å². The summed E-state index contributed by atoms with van der Waals surface area (Å²) in [6, 6.07) is 23.7. The fourth-order valence-electron chi connectivity index (χ4n) is 3.35. The summed E-state index contributed by atoms with van der Waals surface area (Å²) in [6.45, 7) is 4.55. The zero-order chi connectivity index (χ0) is 19.4. The first-order valence-corrected chi connectivity index (χ1v) is 9.15. The molecule has 0 saturated carbocycles. The molecule has 0 aliphatic carbocycles. The Hall–Kier alpha value is -3.24. The van der Waals surface area contributed by atoms with Crippen LogP contribution in [-0.4, -0.2) is 13.7 Å². The third-order valence-corrected chi connectivity index (χ3v) is 4.56. The molecule has 0 amide bonds. The van der Waals surface area contributed by atoms with Gasteiger partial charge in [-0.05, 0) is 17.7 Å². The molecule has 4 heteroatoms. The van der Waals surface area contributed by atoms with Gasteiger partial charge >= 0.3 is 5.79 Å². The maximum Gasteiger partial charge on any atom is 0.305 e. The number of hydrogen-bond donors (Lipinski definition) is 0. The van der Waals surface area contributed by atoms with E-state index in [1.54, 1.807) is 13.2 Å². The smallest absolute Gasteiger partial charge is 0.305 e. The molecule has 0 fully saturated rings. The highest BCUT2D eigenvalue weighted by Crippen LogP contribution is 2.52. The maximum absolute atomic E-state index is 6.51. The summed E-state index contributed by atoms with van der Waals surface area (Å²) in [5, 5.41) is 0. The standard InChI is InChI=1S/C24H22O4/c1-3-14-26-21-15-18(17-25-2)16-22-23(21)28-24(27-22,19-10-6-4-7-11-19)20-12-8-5-9-13-20/h3-13,15-16H,1,14,17H2,2H3. The van der Waals surface area contributed by atoms with E-state index in [1.165, 1.54) is 0 Å². The Bertz CT molecular complexity index is 912. The predicted molar refractivity (Wildman–Crippen MR) is 108 cm³/mol. The van der Waals surface area contributed by atoms with Gasteiger partial charge < -0.3 is 18.9 Å². The highest BCUT2D eigenvalue weighted by molar-refractivity contribution is 5.58. The van der Waals surface area contributed by atoms with E-state index >= 15 is 0 Å². The average molecular weight is 374 g/mol. The van der Waals surface area contributed by atoms with Crippen LogP contribution in [0.5, 0.6) is 17.2 Å². The molecule has 0 aromatic heterocycles. The van der Waals surface area contributed by atoms with Crippen LogP contribution in [0, 0.1) is 0 Å². The van der Waals surface area contributed by atoms with Crippen LogP contribution >= 0.6 is 0 Å². The van der Waals surface area contributed by atoms with E-state index in [9.17, 15) is 0 Å². The predicted octanol–water partition coefficient (Wildman–Crippen LogP) is 5.07. The summed E-state index contributed by atoms with van der Waals surface area (Å²) in [6.07, 6.45) is 1.70. The normalized spacial score (nSPS) is 13.9. The summed E-state index contributed by atoms with van der Waals surface area (Å²) in [4.78, 5) is 0. The van der Waals surface area contributed by atoms with Crippen molar-refractivity contribution in [1.82, 2.24) is 0 Å². The highest BCUT2D eigenvalue weighted by atomic mass is 16.7. The van der Waals surface area contributed by atoms with Gasteiger partial charge in [-0.1, -0.05) is 73.3 Å². The number of fused-ring (bicyclic) bond motifs is 1. The fourth-order valence-corrected chi connectivity index (χ4v) is 3.35. The van der Waals surface area contributed by atoms with Crippen molar-refractivity contribution < 1.29 is 18.9 Å². The first-order chi connectivity index (χ1) is 13.8. The second kappa shape index (κ2) is 7.79. The van der Waals surface area contributed by atoms with Gasteiger partial charge in [-0.3, -0.25) is 0 Å². The zero-order valence-corrected chi connectivity index (χ0v) is 15.8. The van der Waals surface area contributed by atoms with Gasteiger partial charge in [-0.2, -0.15) is 0 Å². The van der Waals surface area contributed by atoms with Crippen LogP contribution in [0.2, 0.25) is 0 Å². The molecule has 142 valence electrons. The van der Waals surface area contributed by atoms with Gasteiger partial charge in [0.1, 0.15) is 6.61 Å². The molecule has 3 aromatic rings. The van der Waals surface area contributed by atoms with Crippen LogP contribution in [0.1, 0.15) is 16.7 Å². The fraction of sp³-hybridized carbons (Fsp3) is 0.167. The number of methoxy groups -OCH3 is 1. The van der Waals surface area contributed by atoms with Gasteiger partial charge in [0, 0.05) is 18.2 Å². The maximum atomic E-state index is 6.51. The Morgan fingerprint density at radius 1 is 0.929 bits per heavy atom. The molecule has 4 nitrogen and oxygen atoms in total. The van der Waals surface area contributed by atoms with Gasteiger partial charge in [0.2, 0.25) is 5.75 Å². The molecule has 1 aliphatic heterocycles. The second-order valence-corrected chi connectivity index (χ2v) is 6.51. The number of hydrogen-bond acceptors (Lipinski definition) is 4. The van der Waals surface area contributed by atoms with E-state index in [1.807, 2.05) is 72.8 Å². The van der Waals surface area contributed by atoms with Gasteiger partial charge in [-0.25, -0.2) is 0 Å². The van der Waals surface area contributed by atoms with Crippen molar-refractivity contribution in [2.45, 2.75) is 12.4 Å². The number of benzene rings is 3. The lowest BCUT2D eigenvalue weighted by Gasteiger charge is -2.28. The molecule has 1 heterocycles. The minimum absolute atomic E-state index is 0.371. The summed E-state index contributed by atoms with van der Waals surface area (Å²) >= 11 is 0. The van der Waals surface area contributed by atoms with Gasteiger partial charge in [-0.15, -0.1) is 0 Å². The summed E-state index contributed by atoms with van der Waals surface area (Å²) in [5.74, 6) is 0.733. The Morgan fingerprint density at radius 2 is 1.57 bits per heavy atom. The van der Waals surface area contributed by atoms with Crippen LogP contribution < -0.4 is 14.2 Å². The first kappa shape index (κ1) is 18.1. The second-order valence-electron chi connectivity index (χ2n) is 6.51. The third-order valence-electron chi connectivity index (χ3n) is 4.56. The zero-order valence-electron chi connectivity index (χ0n) is 15.8. The van der Waals surface area contributed by atoms with Crippen LogP contribution in [0.15, 0.2) is 85.5 Å². The molecule has 1 aliphatic rings. The molecule has 3 aromatic carbocycles. The molecule has 0 unspecified atom stereocenters. The Labute approximate surface area is 164 Å². The topological polar surface area (TPSA) is 36.9 Å². The van der Waals surface area contributed by atoms with E-state index in [0.29, 0.717) is 30.5 Å². The van der Waals surface area contributed by atoms with E-state index in [-0.39, 0.29) is 0 Å². The Balaban J connectivity index is 1.85. The first-order valence-electron chi connectivity index (χ1n) is 9.15. The summed E-state index contributed by atoms with van der Waals surface area (Å²) in [7, 11) is 1.66. The van der Waals surface area contributed by atoms with E-state index in [2.05, 4.69) is 6.58 Å². The molecule has 0 spiro atoms. The van der Waals surface area contributed by atoms with Crippen molar-refractivity contribution in [1.29, 1.82) is 0 Å². The van der Waals surface area contributed by atoms with E-state index in [0.717, 1.165) is 16.7 Å². The van der Waals surface area contributed by atoms with Crippen LogP contribution in [-0.2, 0) is 17.1 Å². The summed E-state index contributed by atoms with van der Waals surface area (Å²) in [5.41, 5.74) is 2.75. The van der Waals surface area contributed by atoms with Crippen molar-refractivity contribution in [2.75, 3.05) is 13.7 Å². The monoisotopic (exact) mass is 374 g/mol. The van der Waals surface area contributed by atoms with Crippen molar-refractivity contribution in [2.24, 2.45) is 0 Å². The lowest BCUT2D eigenvalue weighted by atomic mass is 9.97. The number of ether oxygens (including phenoxy) is 4. The Morgan fingerprint density at radius 3 is 2.14 bits per heavy atom. The largest absolute Gasteiger partial charge is 0.485 e. The lowest BCUT2D eigenvalue weighted by Crippen LogP contribution is -2.36. The van der Waals surface area contributed by atoms with Crippen LogP contribution in [0.25, 0.3) is 0 Å². The van der Waals surface area contributed by atoms with Crippen LogP contribution in [0.3, 0.4) is 0 Å². The van der Waals surface area contributed by atoms with Crippen molar-refractivity contribution >= 4 is 0 Å². The lowest BCUT2D eigenvalue weighted by molar-refractivity contribution is -0.0468. The summed E-state index contributed by atoms with van der Waals surface area (Å²) < 4.78 is 24.2. The third kappa shape index (κ3) is 3.23. The molecule has 0 bridgehead atoms. The Kier molecular flexibility index (Phi) is 5.04.